The van der Waals surface area contributed by atoms with Crippen molar-refractivity contribution in [2.75, 3.05) is 32.1 Å². The Bertz CT molecular complexity index is 770. The van der Waals surface area contributed by atoms with Gasteiger partial charge in [0.2, 0.25) is 5.91 Å². The average Bonchev–Trinajstić information content (AvgIpc) is 2.72. The molecule has 1 aromatic rings. The number of methoxy groups -OCH3 is 1. The number of nitrogens with one attached hydrogen (secondary N) is 3. The number of amides is 5. The molecule has 5 amide bonds. The molecule has 0 aromatic heterocycles. The van der Waals surface area contributed by atoms with E-state index in [4.69, 9.17) is 0 Å². The topological polar surface area (TPSA) is 120 Å². The van der Waals surface area contributed by atoms with E-state index in [1.165, 1.54) is 23.8 Å². The molecule has 3 N–H and O–H groups in total. The number of nitrogens with zero attached hydrogens (tertiary/aromatic N) is 2. The van der Waals surface area contributed by atoms with Gasteiger partial charge in [0.15, 0.2) is 0 Å². The van der Waals surface area contributed by atoms with Crippen molar-refractivity contribution in [3.05, 3.63) is 30.3 Å². The van der Waals surface area contributed by atoms with Crippen molar-refractivity contribution in [3.63, 3.8) is 0 Å². The number of benzene rings is 1. The van der Waals surface area contributed by atoms with Crippen LogP contribution in [0.15, 0.2) is 30.3 Å². The number of carbonyl (C=O) groups excluding carboxylic acids is 4. The van der Waals surface area contributed by atoms with Crippen molar-refractivity contribution < 1.29 is 23.9 Å². The van der Waals surface area contributed by atoms with Gasteiger partial charge in [-0.1, -0.05) is 18.2 Å². The highest BCUT2D eigenvalue weighted by atomic mass is 16.5. The largest absolute Gasteiger partial charge is 0.467 e. The minimum absolute atomic E-state index is 0.0100. The summed E-state index contributed by atoms with van der Waals surface area (Å²) in [6.07, 6.45) is 0. The molecule has 0 unspecified atom stereocenters. The number of para-hydroxylation sites is 1. The van der Waals surface area contributed by atoms with Crippen molar-refractivity contribution in [1.82, 2.24) is 20.4 Å². The Hall–Kier alpha value is -3.30. The number of esters is 1. The van der Waals surface area contributed by atoms with Gasteiger partial charge in [-0.05, 0) is 32.9 Å². The minimum Gasteiger partial charge on any atom is -0.467 e. The summed E-state index contributed by atoms with van der Waals surface area (Å²) in [5.41, 5.74) is 0.628. The fraction of sp³-hybridized carbons (Fsp3) is 0.500. The Kier molecular flexibility index (Phi) is 8.02. The normalized spacial score (nSPS) is 17.2. The Morgan fingerprint density at radius 2 is 1.67 bits per heavy atom. The maximum absolute atomic E-state index is 12.9. The van der Waals surface area contributed by atoms with Crippen LogP contribution in [0.3, 0.4) is 0 Å². The second kappa shape index (κ2) is 10.5. The zero-order valence-electron chi connectivity index (χ0n) is 17.7. The predicted molar refractivity (Wildman–Crippen MR) is 111 cm³/mol. The predicted octanol–water partition coefficient (Wildman–Crippen LogP) is 1.00. The molecular formula is C20H29N5O5. The second-order valence-corrected chi connectivity index (χ2v) is 7.31. The van der Waals surface area contributed by atoms with E-state index in [-0.39, 0.29) is 31.7 Å². The average molecular weight is 419 g/mol. The number of piperazine rings is 1. The van der Waals surface area contributed by atoms with E-state index in [9.17, 15) is 19.2 Å². The lowest BCUT2D eigenvalue weighted by molar-refractivity contribution is -0.145. The maximum atomic E-state index is 12.9. The number of hydrogen-bond acceptors (Lipinski definition) is 5. The first-order chi connectivity index (χ1) is 14.2. The quantitative estimate of drug-likeness (QED) is 0.615. The number of rotatable bonds is 5. The van der Waals surface area contributed by atoms with Crippen LogP contribution in [0.25, 0.3) is 0 Å². The molecule has 30 heavy (non-hydrogen) atoms. The van der Waals surface area contributed by atoms with Crippen LogP contribution in [0.5, 0.6) is 0 Å². The molecule has 1 fully saturated rings. The first kappa shape index (κ1) is 23.0. The zero-order chi connectivity index (χ0) is 22.3. The minimum atomic E-state index is -0.953. The van der Waals surface area contributed by atoms with Crippen molar-refractivity contribution in [2.24, 2.45) is 0 Å². The van der Waals surface area contributed by atoms with Crippen molar-refractivity contribution in [2.45, 2.75) is 38.9 Å². The molecule has 0 saturated carbocycles. The van der Waals surface area contributed by atoms with Gasteiger partial charge in [-0.3, -0.25) is 4.79 Å². The van der Waals surface area contributed by atoms with Crippen LogP contribution < -0.4 is 16.0 Å². The van der Waals surface area contributed by atoms with E-state index >= 15 is 0 Å². The first-order valence-corrected chi connectivity index (χ1v) is 9.79. The summed E-state index contributed by atoms with van der Waals surface area (Å²) >= 11 is 0. The third-order valence-electron chi connectivity index (χ3n) is 4.58. The number of urea groups is 2. The SMILES string of the molecule is COC(=O)[C@@H](C)NC(=O)[C@@H]1CN(C(=O)Nc2ccccc2)CCN1C(=O)NC(C)C. The van der Waals surface area contributed by atoms with Gasteiger partial charge in [-0.25, -0.2) is 14.4 Å². The summed E-state index contributed by atoms with van der Waals surface area (Å²) in [6, 6.07) is 6.22. The van der Waals surface area contributed by atoms with Gasteiger partial charge in [0.05, 0.1) is 13.7 Å². The van der Waals surface area contributed by atoms with Crippen LogP contribution in [0.4, 0.5) is 15.3 Å². The van der Waals surface area contributed by atoms with Gasteiger partial charge >= 0.3 is 18.0 Å². The standard InChI is InChI=1S/C20H29N5O5/c1-13(2)21-20(29)25-11-10-24(19(28)23-15-8-6-5-7-9-15)12-16(25)17(26)22-14(3)18(27)30-4/h5-9,13-14,16H,10-12H2,1-4H3,(H,21,29)(H,22,26)(H,23,28)/t14-,16+/m1/s1. The summed E-state index contributed by atoms with van der Waals surface area (Å²) in [4.78, 5) is 52.6. The fourth-order valence-electron chi connectivity index (χ4n) is 3.03. The van der Waals surface area contributed by atoms with Crippen molar-refractivity contribution >= 4 is 29.6 Å². The third kappa shape index (κ3) is 6.10. The number of anilines is 1. The van der Waals surface area contributed by atoms with Gasteiger partial charge in [-0.15, -0.1) is 0 Å². The molecule has 1 aromatic carbocycles. The fourth-order valence-corrected chi connectivity index (χ4v) is 3.03. The number of ether oxygens (including phenoxy) is 1. The molecule has 10 heteroatoms. The second-order valence-electron chi connectivity index (χ2n) is 7.31. The third-order valence-corrected chi connectivity index (χ3v) is 4.58. The van der Waals surface area contributed by atoms with Crippen LogP contribution in [0.2, 0.25) is 0 Å². The van der Waals surface area contributed by atoms with Gasteiger partial charge in [0, 0.05) is 24.8 Å². The molecule has 0 spiro atoms. The highest BCUT2D eigenvalue weighted by Crippen LogP contribution is 2.14. The molecule has 10 nitrogen and oxygen atoms in total. The van der Waals surface area contributed by atoms with Crippen LogP contribution in [0.1, 0.15) is 20.8 Å². The molecule has 1 aliphatic rings. The van der Waals surface area contributed by atoms with E-state index in [0.29, 0.717) is 5.69 Å². The smallest absolute Gasteiger partial charge is 0.328 e. The summed E-state index contributed by atoms with van der Waals surface area (Å²) in [7, 11) is 1.23. The van der Waals surface area contributed by atoms with Gasteiger partial charge in [-0.2, -0.15) is 0 Å². The van der Waals surface area contributed by atoms with Crippen LogP contribution in [0, 0.1) is 0 Å². The maximum Gasteiger partial charge on any atom is 0.328 e. The molecule has 1 aliphatic heterocycles. The van der Waals surface area contributed by atoms with Gasteiger partial charge in [0.25, 0.3) is 0 Å². The van der Waals surface area contributed by atoms with E-state index in [2.05, 4.69) is 20.7 Å². The highest BCUT2D eigenvalue weighted by Gasteiger charge is 2.38. The molecule has 0 radical (unpaired) electrons. The van der Waals surface area contributed by atoms with E-state index < -0.39 is 30.0 Å². The molecule has 2 atom stereocenters. The number of hydrogen-bond donors (Lipinski definition) is 3. The highest BCUT2D eigenvalue weighted by molar-refractivity contribution is 5.93. The molecule has 2 rings (SSSR count). The monoisotopic (exact) mass is 419 g/mol. The zero-order valence-corrected chi connectivity index (χ0v) is 17.7. The molecular weight excluding hydrogens is 390 g/mol. The van der Waals surface area contributed by atoms with Crippen molar-refractivity contribution in [1.29, 1.82) is 0 Å². The summed E-state index contributed by atoms with van der Waals surface area (Å²) < 4.78 is 4.63. The van der Waals surface area contributed by atoms with Crippen LogP contribution in [-0.2, 0) is 14.3 Å². The summed E-state index contributed by atoms with van der Waals surface area (Å²) in [5, 5.41) is 8.10. The molecule has 0 aliphatic carbocycles. The van der Waals surface area contributed by atoms with Gasteiger partial charge in [0.1, 0.15) is 12.1 Å². The Morgan fingerprint density at radius 3 is 2.27 bits per heavy atom. The Balaban J connectivity index is 2.14. The summed E-state index contributed by atoms with van der Waals surface area (Å²) in [6.45, 7) is 5.55. The first-order valence-electron chi connectivity index (χ1n) is 9.79. The van der Waals surface area contributed by atoms with Crippen LogP contribution in [-0.4, -0.2) is 78.6 Å². The van der Waals surface area contributed by atoms with E-state index in [1.807, 2.05) is 19.9 Å². The van der Waals surface area contributed by atoms with Crippen LogP contribution >= 0.6 is 0 Å². The van der Waals surface area contributed by atoms with Gasteiger partial charge < -0.3 is 30.5 Å². The lowest BCUT2D eigenvalue weighted by Crippen LogP contribution is -2.64. The lowest BCUT2D eigenvalue weighted by atomic mass is 10.1. The molecule has 164 valence electrons. The number of carbonyl (C=O) groups is 4. The van der Waals surface area contributed by atoms with Crippen molar-refractivity contribution in [3.8, 4) is 0 Å². The summed E-state index contributed by atoms with van der Waals surface area (Å²) in [5.74, 6) is -1.14. The molecule has 0 bridgehead atoms. The molecule has 1 heterocycles. The molecule has 1 saturated heterocycles. The Morgan fingerprint density at radius 1 is 1.00 bits per heavy atom. The van der Waals surface area contributed by atoms with E-state index in [1.54, 1.807) is 24.3 Å². The Labute approximate surface area is 175 Å². The van der Waals surface area contributed by atoms with E-state index in [0.717, 1.165) is 0 Å². The lowest BCUT2D eigenvalue weighted by Gasteiger charge is -2.40.